The van der Waals surface area contributed by atoms with Crippen molar-refractivity contribution in [2.24, 2.45) is 0 Å². The van der Waals surface area contributed by atoms with Crippen molar-refractivity contribution in [3.63, 3.8) is 0 Å². The van der Waals surface area contributed by atoms with Crippen LogP contribution in [0.4, 0.5) is 0 Å². The molecule has 3 rings (SSSR count). The Morgan fingerprint density at radius 1 is 0.944 bits per heavy atom. The largest absolute Gasteiger partial charge is 0.464 e. The molecular formula is C15H11NO2. The Bertz CT molecular complexity index is 750. The monoisotopic (exact) mass is 237 g/mol. The van der Waals surface area contributed by atoms with Gasteiger partial charge in [0.2, 0.25) is 0 Å². The fourth-order valence-corrected chi connectivity index (χ4v) is 2.16. The molecule has 0 saturated heterocycles. The zero-order chi connectivity index (χ0) is 12.5. The standard InChI is InChI=1S/C15H11NO2/c1-18-15(17)14-12-8-3-2-6-10(12)11-7-4-5-9-13(11)16-14/h2-9H,1H3. The maximum Gasteiger partial charge on any atom is 0.357 e. The van der Waals surface area contributed by atoms with E-state index in [1.165, 1.54) is 7.11 Å². The number of hydrogen-bond donors (Lipinski definition) is 0. The van der Waals surface area contributed by atoms with Crippen LogP contribution in [-0.2, 0) is 4.74 Å². The van der Waals surface area contributed by atoms with Crippen LogP contribution < -0.4 is 0 Å². The molecule has 88 valence electrons. The molecule has 0 saturated carbocycles. The summed E-state index contributed by atoms with van der Waals surface area (Å²) in [4.78, 5) is 16.2. The van der Waals surface area contributed by atoms with Crippen LogP contribution in [0.1, 0.15) is 10.5 Å². The molecule has 0 aliphatic carbocycles. The predicted molar refractivity (Wildman–Crippen MR) is 70.6 cm³/mol. The summed E-state index contributed by atoms with van der Waals surface area (Å²) in [5.74, 6) is -0.406. The molecule has 0 fully saturated rings. The molecule has 1 aromatic heterocycles. The van der Waals surface area contributed by atoms with Gasteiger partial charge in [0.05, 0.1) is 12.6 Å². The van der Waals surface area contributed by atoms with Gasteiger partial charge in [-0.15, -0.1) is 0 Å². The van der Waals surface area contributed by atoms with Gasteiger partial charge in [0.1, 0.15) is 0 Å². The van der Waals surface area contributed by atoms with Gasteiger partial charge in [0.25, 0.3) is 0 Å². The summed E-state index contributed by atoms with van der Waals surface area (Å²) in [6.07, 6.45) is 0. The lowest BCUT2D eigenvalue weighted by Crippen LogP contribution is -2.05. The summed E-state index contributed by atoms with van der Waals surface area (Å²) in [5.41, 5.74) is 1.17. The number of fused-ring (bicyclic) bond motifs is 3. The van der Waals surface area contributed by atoms with Gasteiger partial charge in [-0.05, 0) is 11.5 Å². The average Bonchev–Trinajstić information content (AvgIpc) is 2.45. The Morgan fingerprint density at radius 3 is 2.28 bits per heavy atom. The van der Waals surface area contributed by atoms with Crippen LogP contribution in [0, 0.1) is 0 Å². The molecule has 0 bridgehead atoms. The first-order chi connectivity index (χ1) is 8.81. The van der Waals surface area contributed by atoms with E-state index in [1.54, 1.807) is 0 Å². The molecular weight excluding hydrogens is 226 g/mol. The summed E-state index contributed by atoms with van der Waals surface area (Å²) in [5, 5.41) is 2.88. The van der Waals surface area contributed by atoms with E-state index in [4.69, 9.17) is 4.74 Å². The Kier molecular flexibility index (Phi) is 2.45. The zero-order valence-corrected chi connectivity index (χ0v) is 9.88. The molecule has 1 heterocycles. The fourth-order valence-electron chi connectivity index (χ4n) is 2.16. The molecule has 3 heteroatoms. The molecule has 0 amide bonds. The third-order valence-electron chi connectivity index (χ3n) is 2.99. The molecule has 0 aliphatic rings. The normalized spacial score (nSPS) is 10.7. The lowest BCUT2D eigenvalue weighted by Gasteiger charge is -2.07. The number of para-hydroxylation sites is 1. The number of nitrogens with zero attached hydrogens (tertiary/aromatic N) is 1. The molecule has 18 heavy (non-hydrogen) atoms. The van der Waals surface area contributed by atoms with Crippen molar-refractivity contribution < 1.29 is 9.53 Å². The molecule has 3 nitrogen and oxygen atoms in total. The Balaban J connectivity index is 2.50. The van der Waals surface area contributed by atoms with Gasteiger partial charge >= 0.3 is 5.97 Å². The molecule has 0 N–H and O–H groups in total. The van der Waals surface area contributed by atoms with Crippen molar-refractivity contribution in [3.8, 4) is 0 Å². The highest BCUT2D eigenvalue weighted by Crippen LogP contribution is 2.26. The number of benzene rings is 2. The van der Waals surface area contributed by atoms with Crippen molar-refractivity contribution in [3.05, 3.63) is 54.2 Å². The summed E-state index contributed by atoms with van der Waals surface area (Å²) >= 11 is 0. The topological polar surface area (TPSA) is 39.2 Å². The predicted octanol–water partition coefficient (Wildman–Crippen LogP) is 3.17. The van der Waals surface area contributed by atoms with E-state index in [1.807, 2.05) is 48.5 Å². The Morgan fingerprint density at radius 2 is 1.56 bits per heavy atom. The first-order valence-electron chi connectivity index (χ1n) is 5.67. The lowest BCUT2D eigenvalue weighted by atomic mass is 10.0. The van der Waals surface area contributed by atoms with E-state index >= 15 is 0 Å². The summed E-state index contributed by atoms with van der Waals surface area (Å²) in [6.45, 7) is 0. The number of pyridine rings is 1. The van der Waals surface area contributed by atoms with Crippen LogP contribution in [0.25, 0.3) is 21.7 Å². The first-order valence-corrected chi connectivity index (χ1v) is 5.67. The van der Waals surface area contributed by atoms with Gasteiger partial charge in [-0.2, -0.15) is 0 Å². The van der Waals surface area contributed by atoms with E-state index in [0.29, 0.717) is 5.69 Å². The summed E-state index contributed by atoms with van der Waals surface area (Å²) < 4.78 is 4.79. The highest BCUT2D eigenvalue weighted by Gasteiger charge is 2.14. The number of aromatic nitrogens is 1. The number of ether oxygens (including phenoxy) is 1. The first kappa shape index (κ1) is 10.7. The molecule has 0 unspecified atom stereocenters. The fraction of sp³-hybridized carbons (Fsp3) is 0.0667. The second kappa shape index (κ2) is 4.11. The maximum atomic E-state index is 11.8. The molecule has 0 atom stereocenters. The minimum Gasteiger partial charge on any atom is -0.464 e. The van der Waals surface area contributed by atoms with Crippen molar-refractivity contribution in [2.75, 3.05) is 7.11 Å². The highest BCUT2D eigenvalue weighted by atomic mass is 16.5. The molecule has 0 radical (unpaired) electrons. The number of carbonyl (C=O) groups is 1. The van der Waals surface area contributed by atoms with Gasteiger partial charge in [-0.1, -0.05) is 42.5 Å². The van der Waals surface area contributed by atoms with Crippen LogP contribution in [0.2, 0.25) is 0 Å². The third-order valence-corrected chi connectivity index (χ3v) is 2.99. The molecule has 0 aliphatic heterocycles. The van der Waals surface area contributed by atoms with Gasteiger partial charge in [-0.25, -0.2) is 9.78 Å². The van der Waals surface area contributed by atoms with Crippen molar-refractivity contribution >= 4 is 27.6 Å². The summed E-state index contributed by atoms with van der Waals surface area (Å²) in [7, 11) is 1.37. The van der Waals surface area contributed by atoms with Crippen LogP contribution >= 0.6 is 0 Å². The van der Waals surface area contributed by atoms with Crippen molar-refractivity contribution in [2.45, 2.75) is 0 Å². The zero-order valence-electron chi connectivity index (χ0n) is 9.88. The highest BCUT2D eigenvalue weighted by molar-refractivity contribution is 6.13. The van der Waals surface area contributed by atoms with Gasteiger partial charge in [0, 0.05) is 10.8 Å². The summed E-state index contributed by atoms with van der Waals surface area (Å²) in [6, 6.07) is 15.5. The molecule has 2 aromatic carbocycles. The van der Waals surface area contributed by atoms with Gasteiger partial charge in [0.15, 0.2) is 5.69 Å². The maximum absolute atomic E-state index is 11.8. The smallest absolute Gasteiger partial charge is 0.357 e. The quantitative estimate of drug-likeness (QED) is 0.482. The molecule has 0 spiro atoms. The van der Waals surface area contributed by atoms with Crippen LogP contribution in [0.3, 0.4) is 0 Å². The van der Waals surface area contributed by atoms with Gasteiger partial charge in [-0.3, -0.25) is 0 Å². The lowest BCUT2D eigenvalue weighted by molar-refractivity contribution is 0.0597. The number of rotatable bonds is 1. The van der Waals surface area contributed by atoms with E-state index in [2.05, 4.69) is 4.98 Å². The number of carbonyl (C=O) groups excluding carboxylic acids is 1. The van der Waals surface area contributed by atoms with Crippen molar-refractivity contribution in [1.29, 1.82) is 0 Å². The number of hydrogen-bond acceptors (Lipinski definition) is 3. The van der Waals surface area contributed by atoms with E-state index in [-0.39, 0.29) is 0 Å². The van der Waals surface area contributed by atoms with E-state index in [9.17, 15) is 4.79 Å². The van der Waals surface area contributed by atoms with Gasteiger partial charge < -0.3 is 4.74 Å². The number of methoxy groups -OCH3 is 1. The number of esters is 1. The second-order valence-corrected chi connectivity index (χ2v) is 4.01. The SMILES string of the molecule is COC(=O)c1nc2ccccc2c2ccccc12. The minimum absolute atomic E-state index is 0.367. The van der Waals surface area contributed by atoms with Crippen molar-refractivity contribution in [1.82, 2.24) is 4.98 Å². The van der Waals surface area contributed by atoms with E-state index in [0.717, 1.165) is 21.7 Å². The Labute approximate surface area is 104 Å². The second-order valence-electron chi connectivity index (χ2n) is 4.01. The van der Waals surface area contributed by atoms with Crippen LogP contribution in [-0.4, -0.2) is 18.1 Å². The third kappa shape index (κ3) is 1.52. The van der Waals surface area contributed by atoms with Crippen LogP contribution in [0.5, 0.6) is 0 Å². The Hall–Kier alpha value is -2.42. The molecule has 3 aromatic rings. The van der Waals surface area contributed by atoms with Crippen LogP contribution in [0.15, 0.2) is 48.5 Å². The van der Waals surface area contributed by atoms with E-state index < -0.39 is 5.97 Å². The average molecular weight is 237 g/mol. The minimum atomic E-state index is -0.406.